The average Bonchev–Trinajstić information content (AvgIpc) is 2.55. The maximum absolute atomic E-state index is 5.20. The second-order valence-corrected chi connectivity index (χ2v) is 5.68. The van der Waals surface area contributed by atoms with Crippen LogP contribution in [-0.2, 0) is 0 Å². The second-order valence-electron chi connectivity index (χ2n) is 4.87. The zero-order valence-electron chi connectivity index (χ0n) is 11.9. The topological polar surface area (TPSA) is 41.5 Å². The Morgan fingerprint density at radius 3 is 2.29 bits per heavy atom. The van der Waals surface area contributed by atoms with Gasteiger partial charge in [0.25, 0.3) is 0 Å². The SMILES string of the molecule is COc1ccc(N2CCN(c3cc(Br)ncn3)CC2)cc1. The fourth-order valence-corrected chi connectivity index (χ4v) is 2.78. The van der Waals surface area contributed by atoms with Crippen LogP contribution in [-0.4, -0.2) is 43.3 Å². The Bertz CT molecular complexity index is 597. The number of rotatable bonds is 3. The smallest absolute Gasteiger partial charge is 0.133 e. The zero-order chi connectivity index (χ0) is 14.7. The lowest BCUT2D eigenvalue weighted by molar-refractivity contribution is 0.415. The number of aromatic nitrogens is 2. The molecule has 0 radical (unpaired) electrons. The van der Waals surface area contributed by atoms with Crippen molar-refractivity contribution in [1.29, 1.82) is 0 Å². The van der Waals surface area contributed by atoms with Gasteiger partial charge in [0.1, 0.15) is 22.5 Å². The predicted octanol–water partition coefficient (Wildman–Crippen LogP) is 2.57. The lowest BCUT2D eigenvalue weighted by Crippen LogP contribution is -2.46. The van der Waals surface area contributed by atoms with Gasteiger partial charge in [0.2, 0.25) is 0 Å². The summed E-state index contributed by atoms with van der Waals surface area (Å²) in [6, 6.07) is 10.2. The number of benzene rings is 1. The van der Waals surface area contributed by atoms with Gasteiger partial charge in [-0.1, -0.05) is 0 Å². The van der Waals surface area contributed by atoms with E-state index in [4.69, 9.17) is 4.74 Å². The minimum atomic E-state index is 0.824. The van der Waals surface area contributed by atoms with Crippen LogP contribution in [0.3, 0.4) is 0 Å². The highest BCUT2D eigenvalue weighted by atomic mass is 79.9. The maximum atomic E-state index is 5.20. The molecule has 0 aliphatic carbocycles. The molecule has 0 saturated carbocycles. The van der Waals surface area contributed by atoms with Crippen molar-refractivity contribution < 1.29 is 4.74 Å². The van der Waals surface area contributed by atoms with E-state index in [0.29, 0.717) is 0 Å². The van der Waals surface area contributed by atoms with Crippen molar-refractivity contribution in [2.75, 3.05) is 43.1 Å². The monoisotopic (exact) mass is 348 g/mol. The minimum Gasteiger partial charge on any atom is -0.497 e. The molecule has 21 heavy (non-hydrogen) atoms. The van der Waals surface area contributed by atoms with Gasteiger partial charge in [-0.3, -0.25) is 0 Å². The number of nitrogens with zero attached hydrogens (tertiary/aromatic N) is 4. The summed E-state index contributed by atoms with van der Waals surface area (Å²) >= 11 is 3.39. The first-order chi connectivity index (χ1) is 10.3. The normalized spacial score (nSPS) is 15.1. The molecule has 1 aromatic heterocycles. The van der Waals surface area contributed by atoms with E-state index in [2.05, 4.69) is 47.8 Å². The molecule has 1 saturated heterocycles. The van der Waals surface area contributed by atoms with Crippen LogP contribution in [0, 0.1) is 0 Å². The summed E-state index contributed by atoms with van der Waals surface area (Å²) in [7, 11) is 1.69. The van der Waals surface area contributed by atoms with Gasteiger partial charge < -0.3 is 14.5 Å². The molecule has 2 aromatic rings. The molecule has 1 fully saturated rings. The number of methoxy groups -OCH3 is 1. The van der Waals surface area contributed by atoms with Crippen LogP contribution < -0.4 is 14.5 Å². The standard InChI is InChI=1S/C15H17BrN4O/c1-21-13-4-2-12(3-5-13)19-6-8-20(9-7-19)15-10-14(16)17-11-18-15/h2-5,10-11H,6-9H2,1H3. The van der Waals surface area contributed by atoms with Gasteiger partial charge >= 0.3 is 0 Å². The average molecular weight is 349 g/mol. The van der Waals surface area contributed by atoms with Crippen molar-refractivity contribution >= 4 is 27.4 Å². The van der Waals surface area contributed by atoms with Gasteiger partial charge in [0.05, 0.1) is 7.11 Å². The van der Waals surface area contributed by atoms with E-state index in [0.717, 1.165) is 42.3 Å². The lowest BCUT2D eigenvalue weighted by atomic mass is 10.2. The van der Waals surface area contributed by atoms with Gasteiger partial charge in [0, 0.05) is 37.9 Å². The quantitative estimate of drug-likeness (QED) is 0.797. The molecule has 0 bridgehead atoms. The van der Waals surface area contributed by atoms with E-state index in [1.807, 2.05) is 18.2 Å². The first-order valence-corrected chi connectivity index (χ1v) is 7.67. The van der Waals surface area contributed by atoms with Gasteiger partial charge in [-0.15, -0.1) is 0 Å². The highest BCUT2D eigenvalue weighted by Crippen LogP contribution is 2.22. The number of hydrogen-bond donors (Lipinski definition) is 0. The van der Waals surface area contributed by atoms with Crippen molar-refractivity contribution in [2.45, 2.75) is 0 Å². The van der Waals surface area contributed by atoms with Crippen LogP contribution in [0.25, 0.3) is 0 Å². The Morgan fingerprint density at radius 1 is 1.00 bits per heavy atom. The molecule has 1 aliphatic rings. The van der Waals surface area contributed by atoms with Crippen molar-refractivity contribution in [3.8, 4) is 5.75 Å². The maximum Gasteiger partial charge on any atom is 0.133 e. The molecule has 1 aromatic carbocycles. The summed E-state index contributed by atoms with van der Waals surface area (Å²) in [6.07, 6.45) is 1.59. The fraction of sp³-hybridized carbons (Fsp3) is 0.333. The first kappa shape index (κ1) is 14.1. The molecule has 0 amide bonds. The number of halogens is 1. The molecule has 0 atom stereocenters. The molecule has 6 heteroatoms. The molecule has 0 unspecified atom stereocenters. The Hall–Kier alpha value is -1.82. The van der Waals surface area contributed by atoms with Crippen molar-refractivity contribution in [3.63, 3.8) is 0 Å². The van der Waals surface area contributed by atoms with Gasteiger partial charge in [0.15, 0.2) is 0 Å². The van der Waals surface area contributed by atoms with Crippen LogP contribution in [0.15, 0.2) is 41.3 Å². The molecule has 0 spiro atoms. The Labute approximate surface area is 132 Å². The van der Waals surface area contributed by atoms with Gasteiger partial charge in [-0.2, -0.15) is 0 Å². The highest BCUT2D eigenvalue weighted by molar-refractivity contribution is 9.10. The van der Waals surface area contributed by atoms with Gasteiger partial charge in [-0.25, -0.2) is 9.97 Å². The fourth-order valence-electron chi connectivity index (χ4n) is 2.48. The number of piperazine rings is 1. The van der Waals surface area contributed by atoms with Crippen molar-refractivity contribution in [3.05, 3.63) is 41.3 Å². The summed E-state index contributed by atoms with van der Waals surface area (Å²) < 4.78 is 6.02. The molecular weight excluding hydrogens is 332 g/mol. The number of anilines is 2. The van der Waals surface area contributed by atoms with E-state index in [-0.39, 0.29) is 0 Å². The molecule has 2 heterocycles. The Morgan fingerprint density at radius 2 is 1.67 bits per heavy atom. The second kappa shape index (κ2) is 6.30. The summed E-state index contributed by atoms with van der Waals surface area (Å²) in [5, 5.41) is 0. The summed E-state index contributed by atoms with van der Waals surface area (Å²) in [5.74, 6) is 1.87. The third-order valence-corrected chi connectivity index (χ3v) is 4.09. The highest BCUT2D eigenvalue weighted by Gasteiger charge is 2.18. The van der Waals surface area contributed by atoms with Crippen LogP contribution in [0.4, 0.5) is 11.5 Å². The van der Waals surface area contributed by atoms with E-state index < -0.39 is 0 Å². The molecule has 110 valence electrons. The number of ether oxygens (including phenoxy) is 1. The largest absolute Gasteiger partial charge is 0.497 e. The summed E-state index contributed by atoms with van der Waals surface area (Å²) in [6.45, 7) is 3.87. The molecule has 0 N–H and O–H groups in total. The van der Waals surface area contributed by atoms with Crippen LogP contribution in [0.5, 0.6) is 5.75 Å². The third-order valence-electron chi connectivity index (χ3n) is 3.66. The van der Waals surface area contributed by atoms with E-state index in [1.165, 1.54) is 5.69 Å². The molecule has 1 aliphatic heterocycles. The van der Waals surface area contributed by atoms with E-state index in [1.54, 1.807) is 13.4 Å². The molecule has 3 rings (SSSR count). The Kier molecular flexibility index (Phi) is 4.24. The summed E-state index contributed by atoms with van der Waals surface area (Å²) in [4.78, 5) is 13.1. The first-order valence-electron chi connectivity index (χ1n) is 6.88. The summed E-state index contributed by atoms with van der Waals surface area (Å²) in [5.41, 5.74) is 1.24. The van der Waals surface area contributed by atoms with E-state index >= 15 is 0 Å². The number of hydrogen-bond acceptors (Lipinski definition) is 5. The minimum absolute atomic E-state index is 0.824. The zero-order valence-corrected chi connectivity index (χ0v) is 13.5. The molecule has 5 nitrogen and oxygen atoms in total. The van der Waals surface area contributed by atoms with Crippen LogP contribution >= 0.6 is 15.9 Å². The van der Waals surface area contributed by atoms with Crippen molar-refractivity contribution in [2.24, 2.45) is 0 Å². The van der Waals surface area contributed by atoms with Gasteiger partial charge in [-0.05, 0) is 40.2 Å². The van der Waals surface area contributed by atoms with Crippen LogP contribution in [0.2, 0.25) is 0 Å². The Balaban J connectivity index is 1.64. The molecular formula is C15H17BrN4O. The van der Waals surface area contributed by atoms with Crippen molar-refractivity contribution in [1.82, 2.24) is 9.97 Å². The van der Waals surface area contributed by atoms with E-state index in [9.17, 15) is 0 Å². The lowest BCUT2D eigenvalue weighted by Gasteiger charge is -2.36. The predicted molar refractivity (Wildman–Crippen MR) is 87.2 cm³/mol. The van der Waals surface area contributed by atoms with Crippen LogP contribution in [0.1, 0.15) is 0 Å². The third kappa shape index (κ3) is 3.26.